The van der Waals surface area contributed by atoms with Crippen LogP contribution in [-0.4, -0.2) is 40.6 Å². The number of imidazole rings is 1. The Labute approximate surface area is 184 Å². The van der Waals surface area contributed by atoms with Crippen LogP contribution in [0.2, 0.25) is 0 Å². The van der Waals surface area contributed by atoms with Gasteiger partial charge in [-0.1, -0.05) is 6.07 Å². The van der Waals surface area contributed by atoms with Crippen molar-refractivity contribution < 1.29 is 18.0 Å². The lowest BCUT2D eigenvalue weighted by molar-refractivity contribution is 0.0926. The van der Waals surface area contributed by atoms with Crippen molar-refractivity contribution >= 4 is 23.1 Å². The topological polar surface area (TPSA) is 70.5 Å². The molecule has 0 spiro atoms. The Hall–Kier alpha value is -3.23. The van der Waals surface area contributed by atoms with E-state index in [2.05, 4.69) is 20.9 Å². The molecular weight excluding hydrogens is 419 g/mol. The predicted octanol–water partition coefficient (Wildman–Crippen LogP) is 4.81. The first kappa shape index (κ1) is 22.0. The van der Waals surface area contributed by atoms with E-state index < -0.39 is 13.1 Å². The van der Waals surface area contributed by atoms with Gasteiger partial charge in [-0.3, -0.25) is 9.20 Å². The minimum atomic E-state index is -2.61. The van der Waals surface area contributed by atoms with Crippen LogP contribution in [-0.2, 0) is 0 Å². The molecule has 1 aliphatic carbocycles. The SMILES string of the molecule is O=C(NC1CCC(Nc2cccc3nc(C(F)F)cn23)CC1)c1ccc(NCCF)cc1. The summed E-state index contributed by atoms with van der Waals surface area (Å²) >= 11 is 0. The van der Waals surface area contributed by atoms with E-state index >= 15 is 0 Å². The number of nitrogens with one attached hydrogen (secondary N) is 3. The third-order valence-corrected chi connectivity index (χ3v) is 5.72. The number of halogens is 3. The van der Waals surface area contributed by atoms with Crippen LogP contribution in [0.4, 0.5) is 24.7 Å². The van der Waals surface area contributed by atoms with Crippen molar-refractivity contribution in [3.63, 3.8) is 0 Å². The molecule has 2 heterocycles. The normalized spacial score (nSPS) is 18.6. The monoisotopic (exact) mass is 445 g/mol. The average molecular weight is 445 g/mol. The fraction of sp³-hybridized carbons (Fsp3) is 0.391. The molecule has 6 nitrogen and oxygen atoms in total. The van der Waals surface area contributed by atoms with Crippen molar-refractivity contribution in [2.45, 2.75) is 44.2 Å². The summed E-state index contributed by atoms with van der Waals surface area (Å²) in [5, 5.41) is 9.45. The number of carbonyl (C=O) groups excluding carboxylic acids is 1. The second-order valence-electron chi connectivity index (χ2n) is 7.97. The maximum Gasteiger partial charge on any atom is 0.281 e. The van der Waals surface area contributed by atoms with Crippen molar-refractivity contribution in [2.75, 3.05) is 23.9 Å². The summed E-state index contributed by atoms with van der Waals surface area (Å²) in [6.07, 6.45) is 2.10. The van der Waals surface area contributed by atoms with Crippen LogP contribution < -0.4 is 16.0 Å². The van der Waals surface area contributed by atoms with Gasteiger partial charge in [-0.05, 0) is 62.1 Å². The number of hydrogen-bond acceptors (Lipinski definition) is 4. The molecule has 0 bridgehead atoms. The number of fused-ring (bicyclic) bond motifs is 1. The van der Waals surface area contributed by atoms with Gasteiger partial charge in [0, 0.05) is 36.1 Å². The minimum Gasteiger partial charge on any atom is -0.382 e. The molecule has 32 heavy (non-hydrogen) atoms. The maximum absolute atomic E-state index is 13.0. The molecule has 0 saturated heterocycles. The Bertz CT molecular complexity index is 1050. The first-order valence-corrected chi connectivity index (χ1v) is 10.8. The highest BCUT2D eigenvalue weighted by Gasteiger charge is 2.23. The number of alkyl halides is 3. The van der Waals surface area contributed by atoms with Gasteiger partial charge in [-0.2, -0.15) is 0 Å². The third-order valence-electron chi connectivity index (χ3n) is 5.72. The Balaban J connectivity index is 1.30. The van der Waals surface area contributed by atoms with Gasteiger partial charge in [0.25, 0.3) is 12.3 Å². The largest absolute Gasteiger partial charge is 0.382 e. The number of rotatable bonds is 8. The summed E-state index contributed by atoms with van der Waals surface area (Å²) in [5.74, 6) is 0.608. The van der Waals surface area contributed by atoms with E-state index in [-0.39, 0.29) is 30.2 Å². The zero-order chi connectivity index (χ0) is 22.5. The summed E-state index contributed by atoms with van der Waals surface area (Å²) in [6, 6.07) is 12.6. The molecule has 1 aliphatic rings. The lowest BCUT2D eigenvalue weighted by Gasteiger charge is -2.30. The highest BCUT2D eigenvalue weighted by Crippen LogP contribution is 2.25. The van der Waals surface area contributed by atoms with Crippen LogP contribution in [0, 0.1) is 0 Å². The molecule has 3 aromatic rings. The summed E-state index contributed by atoms with van der Waals surface area (Å²) < 4.78 is 39.9. The number of benzene rings is 1. The molecule has 9 heteroatoms. The van der Waals surface area contributed by atoms with E-state index in [1.165, 1.54) is 6.20 Å². The maximum atomic E-state index is 13.0. The molecule has 3 N–H and O–H groups in total. The van der Waals surface area contributed by atoms with Crippen LogP contribution in [0.5, 0.6) is 0 Å². The molecular formula is C23H26F3N5O. The minimum absolute atomic E-state index is 0.0827. The number of aromatic nitrogens is 2. The van der Waals surface area contributed by atoms with Crippen LogP contribution >= 0.6 is 0 Å². The molecule has 0 aliphatic heterocycles. The first-order valence-electron chi connectivity index (χ1n) is 10.8. The van der Waals surface area contributed by atoms with E-state index in [9.17, 15) is 18.0 Å². The quantitative estimate of drug-likeness (QED) is 0.466. The molecule has 0 radical (unpaired) electrons. The molecule has 4 rings (SSSR count). The summed E-state index contributed by atoms with van der Waals surface area (Å²) in [4.78, 5) is 16.5. The van der Waals surface area contributed by atoms with Crippen LogP contribution in [0.3, 0.4) is 0 Å². The summed E-state index contributed by atoms with van der Waals surface area (Å²) in [7, 11) is 0. The fourth-order valence-electron chi connectivity index (χ4n) is 4.04. The summed E-state index contributed by atoms with van der Waals surface area (Å²) in [5.41, 5.74) is 1.59. The first-order chi connectivity index (χ1) is 15.5. The predicted molar refractivity (Wildman–Crippen MR) is 118 cm³/mol. The number of amides is 1. The molecule has 2 aromatic heterocycles. The Morgan fingerprint density at radius 2 is 1.78 bits per heavy atom. The standard InChI is InChI=1S/C23H26F3N5O/c24-12-13-27-16-6-4-15(5-7-16)23(32)29-18-10-8-17(9-11-18)28-20-2-1-3-21-30-19(22(25)26)14-31(20)21/h1-7,14,17-18,22,27-28H,8-13H2,(H,29,32). The lowest BCUT2D eigenvalue weighted by Crippen LogP contribution is -2.40. The van der Waals surface area contributed by atoms with E-state index in [0.29, 0.717) is 11.2 Å². The van der Waals surface area contributed by atoms with E-state index in [4.69, 9.17) is 0 Å². The molecule has 1 amide bonds. The van der Waals surface area contributed by atoms with Crippen molar-refractivity contribution in [3.05, 3.63) is 59.9 Å². The van der Waals surface area contributed by atoms with Crippen molar-refractivity contribution in [2.24, 2.45) is 0 Å². The smallest absolute Gasteiger partial charge is 0.281 e. The Morgan fingerprint density at radius 1 is 1.06 bits per heavy atom. The second kappa shape index (κ2) is 9.93. The van der Waals surface area contributed by atoms with Gasteiger partial charge in [0.15, 0.2) is 0 Å². The van der Waals surface area contributed by atoms with Crippen LogP contribution in [0.1, 0.15) is 48.2 Å². The molecule has 0 atom stereocenters. The number of hydrogen-bond donors (Lipinski definition) is 3. The van der Waals surface area contributed by atoms with Crippen molar-refractivity contribution in [1.29, 1.82) is 0 Å². The molecule has 1 aromatic carbocycles. The van der Waals surface area contributed by atoms with E-state index in [1.54, 1.807) is 40.8 Å². The van der Waals surface area contributed by atoms with E-state index in [1.807, 2.05) is 6.07 Å². The van der Waals surface area contributed by atoms with Crippen molar-refractivity contribution in [3.8, 4) is 0 Å². The van der Waals surface area contributed by atoms with Gasteiger partial charge in [0.2, 0.25) is 0 Å². The Kier molecular flexibility index (Phi) is 6.82. The number of pyridine rings is 1. The van der Waals surface area contributed by atoms with Crippen molar-refractivity contribution in [1.82, 2.24) is 14.7 Å². The van der Waals surface area contributed by atoms with Gasteiger partial charge in [-0.25, -0.2) is 18.2 Å². The zero-order valence-corrected chi connectivity index (χ0v) is 17.5. The van der Waals surface area contributed by atoms with Crippen LogP contribution in [0.15, 0.2) is 48.7 Å². The van der Waals surface area contributed by atoms with Crippen LogP contribution in [0.25, 0.3) is 5.65 Å². The van der Waals surface area contributed by atoms with Gasteiger partial charge >= 0.3 is 0 Å². The number of anilines is 2. The highest BCUT2D eigenvalue weighted by atomic mass is 19.3. The average Bonchev–Trinajstić information content (AvgIpc) is 3.25. The molecule has 1 saturated carbocycles. The fourth-order valence-corrected chi connectivity index (χ4v) is 4.04. The second-order valence-corrected chi connectivity index (χ2v) is 7.97. The molecule has 170 valence electrons. The zero-order valence-electron chi connectivity index (χ0n) is 17.5. The molecule has 0 unspecified atom stereocenters. The number of carbonyl (C=O) groups is 1. The lowest BCUT2D eigenvalue weighted by atomic mass is 9.91. The van der Waals surface area contributed by atoms with Gasteiger partial charge in [-0.15, -0.1) is 0 Å². The highest BCUT2D eigenvalue weighted by molar-refractivity contribution is 5.94. The van der Waals surface area contributed by atoms with Gasteiger partial charge in [0.1, 0.15) is 23.8 Å². The Morgan fingerprint density at radius 3 is 2.47 bits per heavy atom. The van der Waals surface area contributed by atoms with Gasteiger partial charge < -0.3 is 16.0 Å². The number of nitrogens with zero attached hydrogens (tertiary/aromatic N) is 2. The van der Waals surface area contributed by atoms with E-state index in [0.717, 1.165) is 37.2 Å². The van der Waals surface area contributed by atoms with Gasteiger partial charge in [0.05, 0.1) is 0 Å². The summed E-state index contributed by atoms with van der Waals surface area (Å²) in [6.45, 7) is -0.209. The third kappa shape index (κ3) is 5.15. The molecule has 1 fully saturated rings.